The Morgan fingerprint density at radius 2 is 2.13 bits per heavy atom. The number of anilines is 1. The third kappa shape index (κ3) is 2.46. The third-order valence-electron chi connectivity index (χ3n) is 3.06. The molecule has 84 valence electrons. The first-order chi connectivity index (χ1) is 7.11. The Morgan fingerprint density at radius 3 is 2.67 bits per heavy atom. The lowest BCUT2D eigenvalue weighted by Gasteiger charge is -2.35. The molecule has 15 heavy (non-hydrogen) atoms. The molecule has 1 aromatic heterocycles. The van der Waals surface area contributed by atoms with Gasteiger partial charge in [-0.2, -0.15) is 4.98 Å². The van der Waals surface area contributed by atoms with Crippen molar-refractivity contribution in [2.45, 2.75) is 32.6 Å². The van der Waals surface area contributed by atoms with E-state index in [-0.39, 0.29) is 0 Å². The van der Waals surface area contributed by atoms with Crippen molar-refractivity contribution in [3.8, 4) is 0 Å². The monoisotopic (exact) mass is 228 g/mol. The Kier molecular flexibility index (Phi) is 2.91. The molecule has 0 unspecified atom stereocenters. The van der Waals surface area contributed by atoms with Crippen molar-refractivity contribution >= 4 is 17.6 Å². The van der Waals surface area contributed by atoms with Gasteiger partial charge in [0.05, 0.1) is 11.6 Å². The van der Waals surface area contributed by atoms with Crippen molar-refractivity contribution in [1.29, 1.82) is 0 Å². The van der Waals surface area contributed by atoms with E-state index in [1.807, 2.05) is 0 Å². The first-order valence-electron chi connectivity index (χ1n) is 5.36. The maximum absolute atomic E-state index is 5.68. The molecule has 1 fully saturated rings. The van der Waals surface area contributed by atoms with E-state index >= 15 is 0 Å². The van der Waals surface area contributed by atoms with Gasteiger partial charge in [-0.25, -0.2) is 0 Å². The molecule has 0 aliphatic carbocycles. The van der Waals surface area contributed by atoms with Crippen LogP contribution in [-0.2, 0) is 5.88 Å². The zero-order valence-electron chi connectivity index (χ0n) is 9.29. The summed E-state index contributed by atoms with van der Waals surface area (Å²) in [6, 6.07) is 0.723. The predicted molar refractivity (Wildman–Crippen MR) is 61.3 cm³/mol. The predicted octanol–water partition coefficient (Wildman–Crippen LogP) is 3.04. The average Bonchev–Trinajstić information content (AvgIpc) is 2.66. The number of hydrogen-bond acceptors (Lipinski definition) is 3. The lowest BCUT2D eigenvalue weighted by molar-refractivity contribution is 0.273. The number of alkyl halides is 1. The van der Waals surface area contributed by atoms with Gasteiger partial charge in [0.1, 0.15) is 6.26 Å². The summed E-state index contributed by atoms with van der Waals surface area (Å²) in [6.07, 6.45) is 4.01. The molecular formula is C11H17ClN2O. The Bertz CT molecular complexity index is 325. The Labute approximate surface area is 95.4 Å². The molecule has 2 rings (SSSR count). The van der Waals surface area contributed by atoms with Gasteiger partial charge in [0.2, 0.25) is 0 Å². The van der Waals surface area contributed by atoms with Crippen LogP contribution in [0.3, 0.4) is 0 Å². The molecule has 1 saturated heterocycles. The van der Waals surface area contributed by atoms with Crippen molar-refractivity contribution in [3.63, 3.8) is 0 Å². The van der Waals surface area contributed by atoms with Gasteiger partial charge in [-0.3, -0.25) is 0 Å². The number of aromatic nitrogens is 1. The fraction of sp³-hybridized carbons (Fsp3) is 0.727. The Morgan fingerprint density at radius 1 is 1.47 bits per heavy atom. The van der Waals surface area contributed by atoms with E-state index in [4.69, 9.17) is 16.0 Å². The minimum Gasteiger partial charge on any atom is -0.432 e. The first kappa shape index (κ1) is 10.8. The van der Waals surface area contributed by atoms with Crippen molar-refractivity contribution in [1.82, 2.24) is 4.98 Å². The summed E-state index contributed by atoms with van der Waals surface area (Å²) in [5.41, 5.74) is 1.27. The normalized spacial score (nSPS) is 20.6. The van der Waals surface area contributed by atoms with Gasteiger partial charge in [-0.1, -0.05) is 13.8 Å². The topological polar surface area (TPSA) is 29.3 Å². The second-order valence-corrected chi connectivity index (χ2v) is 5.17. The summed E-state index contributed by atoms with van der Waals surface area (Å²) in [7, 11) is 0. The van der Waals surface area contributed by atoms with Gasteiger partial charge in [-0.05, 0) is 18.3 Å². The van der Waals surface area contributed by atoms with Crippen LogP contribution in [0, 0.1) is 5.41 Å². The summed E-state index contributed by atoms with van der Waals surface area (Å²) in [6.45, 7) is 6.67. The molecular weight excluding hydrogens is 212 g/mol. The molecule has 0 bridgehead atoms. The molecule has 4 heteroatoms. The highest BCUT2D eigenvalue weighted by Crippen LogP contribution is 2.31. The zero-order valence-corrected chi connectivity index (χ0v) is 10.0. The van der Waals surface area contributed by atoms with Crippen molar-refractivity contribution in [2.75, 3.05) is 18.0 Å². The van der Waals surface area contributed by atoms with Gasteiger partial charge in [-0.15, -0.1) is 11.6 Å². The van der Waals surface area contributed by atoms with Crippen LogP contribution in [0.2, 0.25) is 0 Å². The molecule has 1 aromatic rings. The lowest BCUT2D eigenvalue weighted by Crippen LogP contribution is -2.37. The minimum absolute atomic E-state index is 0.419. The molecule has 2 heterocycles. The van der Waals surface area contributed by atoms with Gasteiger partial charge < -0.3 is 9.32 Å². The SMILES string of the molecule is CC1(C)CCN(c2nc(CCl)co2)CC1. The molecule has 0 spiro atoms. The van der Waals surface area contributed by atoms with Crippen LogP contribution in [-0.4, -0.2) is 18.1 Å². The van der Waals surface area contributed by atoms with Crippen molar-refractivity contribution in [2.24, 2.45) is 5.41 Å². The fourth-order valence-corrected chi connectivity index (χ4v) is 1.93. The largest absolute Gasteiger partial charge is 0.432 e. The fourth-order valence-electron chi connectivity index (χ4n) is 1.81. The summed E-state index contributed by atoms with van der Waals surface area (Å²) < 4.78 is 5.39. The Balaban J connectivity index is 2.01. The van der Waals surface area contributed by atoms with E-state index in [1.54, 1.807) is 6.26 Å². The van der Waals surface area contributed by atoms with Gasteiger partial charge >= 0.3 is 0 Å². The van der Waals surface area contributed by atoms with Gasteiger partial charge in [0.25, 0.3) is 6.01 Å². The lowest BCUT2D eigenvalue weighted by atomic mass is 9.83. The molecule has 3 nitrogen and oxygen atoms in total. The van der Waals surface area contributed by atoms with Gasteiger partial charge in [0.15, 0.2) is 0 Å². The van der Waals surface area contributed by atoms with E-state index in [0.29, 0.717) is 11.3 Å². The standard InChI is InChI=1S/C11H17ClN2O/c1-11(2)3-5-14(6-4-11)10-13-9(7-12)8-15-10/h8H,3-7H2,1-2H3. The molecule has 0 N–H and O–H groups in total. The van der Waals surface area contributed by atoms with Crippen molar-refractivity contribution in [3.05, 3.63) is 12.0 Å². The molecule has 0 radical (unpaired) electrons. The molecule has 0 saturated carbocycles. The van der Waals surface area contributed by atoms with Crippen LogP contribution in [0.5, 0.6) is 0 Å². The van der Waals surface area contributed by atoms with E-state index < -0.39 is 0 Å². The number of piperidine rings is 1. The zero-order chi connectivity index (χ0) is 10.9. The Hall–Kier alpha value is -0.700. The van der Waals surface area contributed by atoms with Crippen LogP contribution in [0.4, 0.5) is 6.01 Å². The van der Waals surface area contributed by atoms with E-state index in [0.717, 1.165) is 24.8 Å². The quantitative estimate of drug-likeness (QED) is 0.729. The number of hydrogen-bond donors (Lipinski definition) is 0. The van der Waals surface area contributed by atoms with Crippen molar-refractivity contribution < 1.29 is 4.42 Å². The maximum atomic E-state index is 5.68. The van der Waals surface area contributed by atoms with Gasteiger partial charge in [0, 0.05) is 13.1 Å². The van der Waals surface area contributed by atoms with E-state index in [1.165, 1.54) is 12.8 Å². The number of oxazole rings is 1. The second-order valence-electron chi connectivity index (χ2n) is 4.91. The minimum atomic E-state index is 0.419. The van der Waals surface area contributed by atoms with Crippen LogP contribution >= 0.6 is 11.6 Å². The van der Waals surface area contributed by atoms with E-state index in [2.05, 4.69) is 23.7 Å². The van der Waals surface area contributed by atoms with Crippen LogP contribution in [0.1, 0.15) is 32.4 Å². The average molecular weight is 229 g/mol. The highest BCUT2D eigenvalue weighted by molar-refractivity contribution is 6.16. The van der Waals surface area contributed by atoms with E-state index in [9.17, 15) is 0 Å². The highest BCUT2D eigenvalue weighted by Gasteiger charge is 2.27. The number of nitrogens with zero attached hydrogens (tertiary/aromatic N) is 2. The molecule has 1 aliphatic heterocycles. The third-order valence-corrected chi connectivity index (χ3v) is 3.34. The molecule has 0 amide bonds. The maximum Gasteiger partial charge on any atom is 0.297 e. The molecule has 0 atom stereocenters. The summed E-state index contributed by atoms with van der Waals surface area (Å²) in [5, 5.41) is 0. The van der Waals surface area contributed by atoms with Crippen LogP contribution < -0.4 is 4.90 Å². The summed E-state index contributed by atoms with van der Waals surface area (Å²) in [4.78, 5) is 6.52. The highest BCUT2D eigenvalue weighted by atomic mass is 35.5. The van der Waals surface area contributed by atoms with Crippen LogP contribution in [0.15, 0.2) is 10.7 Å². The summed E-state index contributed by atoms with van der Waals surface area (Å²) >= 11 is 5.68. The molecule has 1 aliphatic rings. The number of rotatable bonds is 2. The second kappa shape index (κ2) is 4.05. The number of halogens is 1. The molecule has 0 aromatic carbocycles. The first-order valence-corrected chi connectivity index (χ1v) is 5.89. The smallest absolute Gasteiger partial charge is 0.297 e. The van der Waals surface area contributed by atoms with Crippen LogP contribution in [0.25, 0.3) is 0 Å². The summed E-state index contributed by atoms with van der Waals surface area (Å²) in [5.74, 6) is 0.419.